The summed E-state index contributed by atoms with van der Waals surface area (Å²) in [5.74, 6) is 1.32. The van der Waals surface area contributed by atoms with Gasteiger partial charge in [0.05, 0.1) is 10.2 Å². The number of thioether (sulfide) groups is 1. The minimum atomic E-state index is 0.772. The van der Waals surface area contributed by atoms with Crippen LogP contribution in [0, 0.1) is 0 Å². The van der Waals surface area contributed by atoms with E-state index in [4.69, 9.17) is 0 Å². The van der Waals surface area contributed by atoms with Gasteiger partial charge in [-0.05, 0) is 36.8 Å². The van der Waals surface area contributed by atoms with Gasteiger partial charge in [-0.25, -0.2) is 4.98 Å². The van der Waals surface area contributed by atoms with Gasteiger partial charge in [-0.15, -0.1) is 0 Å². The first-order chi connectivity index (χ1) is 8.31. The van der Waals surface area contributed by atoms with E-state index in [1.807, 2.05) is 0 Å². The Bertz CT molecular complexity index is 520. The Hall–Kier alpha value is -0.260. The normalized spacial score (nSPS) is 19.9. The topological polar surface area (TPSA) is 24.9 Å². The van der Waals surface area contributed by atoms with Gasteiger partial charge in [-0.3, -0.25) is 0 Å². The van der Waals surface area contributed by atoms with Crippen LogP contribution in [-0.4, -0.2) is 22.5 Å². The first-order valence-corrected chi connectivity index (χ1v) is 8.39. The summed E-state index contributed by atoms with van der Waals surface area (Å²) in [6, 6.07) is 6.25. The van der Waals surface area contributed by atoms with Gasteiger partial charge in [0.1, 0.15) is 0 Å². The third-order valence-corrected chi connectivity index (χ3v) is 5.74. The number of rotatable bonds is 3. The number of hydrogen-bond acceptors (Lipinski definition) is 4. The Balaban J connectivity index is 1.72. The molecule has 0 radical (unpaired) electrons. The molecule has 2 nitrogen and oxygen atoms in total. The van der Waals surface area contributed by atoms with Crippen molar-refractivity contribution in [3.8, 4) is 0 Å². The van der Waals surface area contributed by atoms with Crippen LogP contribution in [-0.2, 0) is 0 Å². The Kier molecular flexibility index (Phi) is 3.59. The molecule has 1 N–H and O–H groups in total. The van der Waals surface area contributed by atoms with Crippen molar-refractivity contribution in [3.05, 3.63) is 22.7 Å². The zero-order valence-electron chi connectivity index (χ0n) is 9.28. The van der Waals surface area contributed by atoms with E-state index in [0.29, 0.717) is 0 Å². The van der Waals surface area contributed by atoms with Crippen molar-refractivity contribution in [2.24, 2.45) is 0 Å². The summed E-state index contributed by atoms with van der Waals surface area (Å²) in [5, 5.41) is 5.29. The molecule has 1 unspecified atom stereocenters. The molecule has 1 aliphatic rings. The number of anilines is 1. The average Bonchev–Trinajstić information content (AvgIpc) is 2.94. The quantitative estimate of drug-likeness (QED) is 0.905. The highest BCUT2D eigenvalue weighted by Crippen LogP contribution is 2.30. The number of thiazole rings is 1. The third-order valence-electron chi connectivity index (χ3n) is 2.85. The van der Waals surface area contributed by atoms with E-state index >= 15 is 0 Å². The molecule has 0 amide bonds. The zero-order chi connectivity index (χ0) is 11.7. The molecule has 2 heterocycles. The van der Waals surface area contributed by atoms with Crippen LogP contribution in [0.25, 0.3) is 10.2 Å². The Morgan fingerprint density at radius 1 is 1.47 bits per heavy atom. The van der Waals surface area contributed by atoms with Crippen molar-refractivity contribution in [2.45, 2.75) is 18.1 Å². The van der Waals surface area contributed by atoms with Crippen molar-refractivity contribution in [1.29, 1.82) is 0 Å². The van der Waals surface area contributed by atoms with Gasteiger partial charge in [0.2, 0.25) is 0 Å². The third kappa shape index (κ3) is 2.77. The van der Waals surface area contributed by atoms with Crippen LogP contribution >= 0.6 is 39.0 Å². The van der Waals surface area contributed by atoms with Gasteiger partial charge in [-0.1, -0.05) is 27.3 Å². The molecule has 1 atom stereocenters. The summed E-state index contributed by atoms with van der Waals surface area (Å²) in [7, 11) is 0. The van der Waals surface area contributed by atoms with Crippen LogP contribution in [0.15, 0.2) is 22.7 Å². The predicted molar refractivity (Wildman–Crippen MR) is 81.3 cm³/mol. The fraction of sp³-hybridized carbons (Fsp3) is 0.417. The van der Waals surface area contributed by atoms with E-state index in [2.05, 4.69) is 56.2 Å². The van der Waals surface area contributed by atoms with E-state index in [1.165, 1.54) is 23.3 Å². The monoisotopic (exact) mass is 328 g/mol. The van der Waals surface area contributed by atoms with Crippen LogP contribution in [0.1, 0.15) is 12.8 Å². The number of aromatic nitrogens is 1. The second-order valence-electron chi connectivity index (χ2n) is 4.15. The predicted octanol–water partition coefficient (Wildman–Crippen LogP) is 4.37. The molecule has 1 aliphatic heterocycles. The molecule has 0 spiro atoms. The summed E-state index contributed by atoms with van der Waals surface area (Å²) in [5.41, 5.74) is 1.07. The van der Waals surface area contributed by atoms with E-state index in [9.17, 15) is 0 Å². The average molecular weight is 329 g/mol. The lowest BCUT2D eigenvalue weighted by Crippen LogP contribution is -2.13. The van der Waals surface area contributed by atoms with Crippen LogP contribution < -0.4 is 5.32 Å². The van der Waals surface area contributed by atoms with Gasteiger partial charge in [0.25, 0.3) is 0 Å². The van der Waals surface area contributed by atoms with Crippen LogP contribution in [0.4, 0.5) is 5.13 Å². The molecule has 3 rings (SSSR count). The maximum Gasteiger partial charge on any atom is 0.183 e. The molecule has 0 aliphatic carbocycles. The maximum atomic E-state index is 4.60. The highest BCUT2D eigenvalue weighted by atomic mass is 79.9. The lowest BCUT2D eigenvalue weighted by molar-refractivity contribution is 0.805. The zero-order valence-corrected chi connectivity index (χ0v) is 12.5. The molecule has 0 bridgehead atoms. The molecule has 0 saturated carbocycles. The second kappa shape index (κ2) is 5.16. The largest absolute Gasteiger partial charge is 0.360 e. The summed E-state index contributed by atoms with van der Waals surface area (Å²) >= 11 is 7.29. The van der Waals surface area contributed by atoms with Gasteiger partial charge in [0, 0.05) is 16.3 Å². The van der Waals surface area contributed by atoms with Crippen LogP contribution in [0.2, 0.25) is 0 Å². The van der Waals surface area contributed by atoms with Crippen molar-refractivity contribution in [2.75, 3.05) is 17.6 Å². The molecule has 1 aromatic heterocycles. The lowest BCUT2D eigenvalue weighted by atomic mass is 10.2. The van der Waals surface area contributed by atoms with Gasteiger partial charge in [-0.2, -0.15) is 11.8 Å². The molecule has 2 aromatic rings. The van der Waals surface area contributed by atoms with Crippen molar-refractivity contribution >= 4 is 54.4 Å². The summed E-state index contributed by atoms with van der Waals surface area (Å²) in [6.45, 7) is 1.05. The number of nitrogens with one attached hydrogen (secondary N) is 1. The SMILES string of the molecule is Brc1ccc2sc(NCC3CCCS3)nc2c1. The first-order valence-electron chi connectivity index (χ1n) is 5.73. The van der Waals surface area contributed by atoms with E-state index < -0.39 is 0 Å². The number of fused-ring (bicyclic) bond motifs is 1. The first kappa shape index (κ1) is 11.8. The standard InChI is InChI=1S/C12H13BrN2S2/c13-8-3-4-11-10(6-8)15-12(17-11)14-7-9-2-1-5-16-9/h3-4,6,9H,1-2,5,7H2,(H,14,15). The number of halogens is 1. The van der Waals surface area contributed by atoms with E-state index in [1.54, 1.807) is 11.3 Å². The van der Waals surface area contributed by atoms with Crippen molar-refractivity contribution in [1.82, 2.24) is 4.98 Å². The fourth-order valence-electron chi connectivity index (χ4n) is 1.98. The number of nitrogens with zero attached hydrogens (tertiary/aromatic N) is 1. The summed E-state index contributed by atoms with van der Waals surface area (Å²) in [4.78, 5) is 4.60. The lowest BCUT2D eigenvalue weighted by Gasteiger charge is -2.07. The molecule has 1 saturated heterocycles. The Morgan fingerprint density at radius 2 is 2.41 bits per heavy atom. The molecule has 1 fully saturated rings. The van der Waals surface area contributed by atoms with E-state index in [0.717, 1.165) is 26.9 Å². The van der Waals surface area contributed by atoms with E-state index in [-0.39, 0.29) is 0 Å². The second-order valence-corrected chi connectivity index (χ2v) is 7.50. The minimum absolute atomic E-state index is 0.772. The highest BCUT2D eigenvalue weighted by molar-refractivity contribution is 9.10. The highest BCUT2D eigenvalue weighted by Gasteiger charge is 2.15. The van der Waals surface area contributed by atoms with Gasteiger partial charge in [0.15, 0.2) is 5.13 Å². The summed E-state index contributed by atoms with van der Waals surface area (Å²) in [6.07, 6.45) is 2.71. The maximum absolute atomic E-state index is 4.60. The molecule has 1 aromatic carbocycles. The Labute approximate surface area is 117 Å². The fourth-order valence-corrected chi connectivity index (χ4v) is 4.39. The smallest absolute Gasteiger partial charge is 0.183 e. The van der Waals surface area contributed by atoms with Crippen molar-refractivity contribution in [3.63, 3.8) is 0 Å². The number of benzene rings is 1. The van der Waals surface area contributed by atoms with Crippen LogP contribution in [0.5, 0.6) is 0 Å². The minimum Gasteiger partial charge on any atom is -0.360 e. The van der Waals surface area contributed by atoms with Crippen molar-refractivity contribution < 1.29 is 0 Å². The summed E-state index contributed by atoms with van der Waals surface area (Å²) < 4.78 is 2.34. The molecule has 5 heteroatoms. The van der Waals surface area contributed by atoms with Gasteiger partial charge >= 0.3 is 0 Å². The Morgan fingerprint density at radius 3 is 3.24 bits per heavy atom. The molecular weight excluding hydrogens is 316 g/mol. The number of hydrogen-bond donors (Lipinski definition) is 1. The van der Waals surface area contributed by atoms with Gasteiger partial charge < -0.3 is 5.32 Å². The molecule has 17 heavy (non-hydrogen) atoms. The van der Waals surface area contributed by atoms with Crippen LogP contribution in [0.3, 0.4) is 0 Å². The molecule has 90 valence electrons. The molecular formula is C12H13BrN2S2.